The minimum absolute atomic E-state index is 0.498. The van der Waals surface area contributed by atoms with E-state index in [9.17, 15) is 0 Å². The highest BCUT2D eigenvalue weighted by Crippen LogP contribution is 1.95. The molecule has 0 amide bonds. The first-order chi connectivity index (χ1) is 4.22. The van der Waals surface area contributed by atoms with Gasteiger partial charge >= 0.3 is 6.33 Å². The van der Waals surface area contributed by atoms with Gasteiger partial charge in [0.2, 0.25) is 6.33 Å². The lowest BCUT2D eigenvalue weighted by molar-refractivity contribution is -0.756. The quantitative estimate of drug-likeness (QED) is 0.496. The van der Waals surface area contributed by atoms with Crippen molar-refractivity contribution in [3.63, 3.8) is 0 Å². The Kier molecular flexibility index (Phi) is 1.51. The van der Waals surface area contributed by atoms with Crippen molar-refractivity contribution in [2.45, 2.75) is 19.9 Å². The molecule has 1 rings (SSSR count). The summed E-state index contributed by atoms with van der Waals surface area (Å²) in [6.45, 7) is 4.25. The number of aromatic nitrogens is 3. The maximum absolute atomic E-state index is 3.97. The van der Waals surface area contributed by atoms with E-state index in [1.807, 2.05) is 18.1 Å². The predicted octanol–water partition coefficient (Wildman–Crippen LogP) is 0.288. The molecule has 0 aliphatic heterocycles. The molecule has 0 spiro atoms. The molecule has 0 N–H and O–H groups in total. The molecule has 0 bridgehead atoms. The van der Waals surface area contributed by atoms with Crippen LogP contribution in [0.25, 0.3) is 0 Å². The molecule has 1 aromatic heterocycles. The fraction of sp³-hybridized carbons (Fsp3) is 0.667. The van der Waals surface area contributed by atoms with Crippen LogP contribution < -0.4 is 4.68 Å². The summed E-state index contributed by atoms with van der Waals surface area (Å²) < 4.78 is 4.02. The van der Waals surface area contributed by atoms with Crippen molar-refractivity contribution in [3.05, 3.63) is 12.7 Å². The summed E-state index contributed by atoms with van der Waals surface area (Å²) in [4.78, 5) is 3.97. The lowest BCUT2D eigenvalue weighted by atomic mass is 10.4. The van der Waals surface area contributed by atoms with Crippen molar-refractivity contribution in [1.82, 2.24) is 9.67 Å². The molecule has 0 aromatic carbocycles. The molecule has 0 saturated heterocycles. The number of rotatable bonds is 1. The molecule has 1 aromatic rings. The molecule has 0 aliphatic rings. The third kappa shape index (κ3) is 1.09. The highest BCUT2D eigenvalue weighted by atomic mass is 15.4. The van der Waals surface area contributed by atoms with Crippen LogP contribution in [-0.4, -0.2) is 9.67 Å². The Morgan fingerprint density at radius 1 is 1.56 bits per heavy atom. The van der Waals surface area contributed by atoms with Crippen LogP contribution in [0.4, 0.5) is 0 Å². The van der Waals surface area contributed by atoms with Crippen LogP contribution in [0.5, 0.6) is 0 Å². The smallest absolute Gasteiger partial charge is 0.179 e. The third-order valence-electron chi connectivity index (χ3n) is 1.31. The molecule has 9 heavy (non-hydrogen) atoms. The van der Waals surface area contributed by atoms with Gasteiger partial charge in [-0.1, -0.05) is 0 Å². The summed E-state index contributed by atoms with van der Waals surface area (Å²) in [5.41, 5.74) is 0. The SMILES string of the molecule is CC(C)n1cnc[n+]1C. The van der Waals surface area contributed by atoms with Gasteiger partial charge in [-0.2, -0.15) is 9.36 Å². The van der Waals surface area contributed by atoms with E-state index in [0.29, 0.717) is 6.04 Å². The molecule has 50 valence electrons. The van der Waals surface area contributed by atoms with Crippen molar-refractivity contribution >= 4 is 0 Å². The van der Waals surface area contributed by atoms with Gasteiger partial charge in [-0.05, 0) is 18.8 Å². The first-order valence-corrected chi connectivity index (χ1v) is 3.09. The highest BCUT2D eigenvalue weighted by molar-refractivity contribution is 4.52. The maximum Gasteiger partial charge on any atom is 0.306 e. The van der Waals surface area contributed by atoms with Gasteiger partial charge in [0, 0.05) is 0 Å². The van der Waals surface area contributed by atoms with Crippen LogP contribution in [0.15, 0.2) is 12.7 Å². The highest BCUT2D eigenvalue weighted by Gasteiger charge is 2.04. The van der Waals surface area contributed by atoms with Gasteiger partial charge in [-0.25, -0.2) is 0 Å². The monoisotopic (exact) mass is 126 g/mol. The summed E-state index contributed by atoms with van der Waals surface area (Å²) >= 11 is 0. The average Bonchev–Trinajstić information content (AvgIpc) is 2.13. The molecule has 0 saturated carbocycles. The second-order valence-corrected chi connectivity index (χ2v) is 2.43. The van der Waals surface area contributed by atoms with E-state index in [1.165, 1.54) is 0 Å². The average molecular weight is 126 g/mol. The van der Waals surface area contributed by atoms with Crippen LogP contribution in [0.2, 0.25) is 0 Å². The van der Waals surface area contributed by atoms with E-state index in [2.05, 4.69) is 23.5 Å². The molecule has 3 nitrogen and oxygen atoms in total. The zero-order valence-corrected chi connectivity index (χ0v) is 6.07. The van der Waals surface area contributed by atoms with Gasteiger partial charge < -0.3 is 0 Å². The molecule has 1 heterocycles. The second-order valence-electron chi connectivity index (χ2n) is 2.43. The molecule has 0 atom stereocenters. The predicted molar refractivity (Wildman–Crippen MR) is 33.8 cm³/mol. The summed E-state index contributed by atoms with van der Waals surface area (Å²) in [6.07, 6.45) is 3.62. The maximum atomic E-state index is 3.97. The molecule has 0 radical (unpaired) electrons. The Labute approximate surface area is 54.9 Å². The Morgan fingerprint density at radius 2 is 2.22 bits per heavy atom. The van der Waals surface area contributed by atoms with Gasteiger partial charge in [0.05, 0.1) is 6.04 Å². The van der Waals surface area contributed by atoms with Crippen molar-refractivity contribution in [3.8, 4) is 0 Å². The largest absolute Gasteiger partial charge is 0.306 e. The first kappa shape index (κ1) is 6.26. The topological polar surface area (TPSA) is 21.7 Å². The Bertz CT molecular complexity index is 190. The van der Waals surface area contributed by atoms with E-state index >= 15 is 0 Å². The van der Waals surface area contributed by atoms with Crippen LogP contribution >= 0.6 is 0 Å². The number of hydrogen-bond acceptors (Lipinski definition) is 1. The standard InChI is InChI=1S/C6H12N3/c1-6(2)9-5-7-4-8(9)3/h4-6H,1-3H3/q+1. The van der Waals surface area contributed by atoms with Crippen LogP contribution in [-0.2, 0) is 7.05 Å². The van der Waals surface area contributed by atoms with E-state index in [-0.39, 0.29) is 0 Å². The van der Waals surface area contributed by atoms with Gasteiger partial charge in [0.25, 0.3) is 0 Å². The third-order valence-corrected chi connectivity index (χ3v) is 1.31. The molecule has 3 heteroatoms. The van der Waals surface area contributed by atoms with Crippen LogP contribution in [0, 0.1) is 0 Å². The van der Waals surface area contributed by atoms with Gasteiger partial charge in [0.15, 0.2) is 0 Å². The van der Waals surface area contributed by atoms with E-state index < -0.39 is 0 Å². The lowest BCUT2D eigenvalue weighted by Crippen LogP contribution is -2.38. The van der Waals surface area contributed by atoms with E-state index in [4.69, 9.17) is 0 Å². The number of hydrogen-bond donors (Lipinski definition) is 0. The summed E-state index contributed by atoms with van der Waals surface area (Å²) in [7, 11) is 1.98. The van der Waals surface area contributed by atoms with Crippen molar-refractivity contribution in [2.24, 2.45) is 7.05 Å². The van der Waals surface area contributed by atoms with E-state index in [0.717, 1.165) is 0 Å². The van der Waals surface area contributed by atoms with Gasteiger partial charge in [-0.15, -0.1) is 0 Å². The van der Waals surface area contributed by atoms with Crippen LogP contribution in [0.3, 0.4) is 0 Å². The van der Waals surface area contributed by atoms with Gasteiger partial charge in [-0.3, -0.25) is 0 Å². The number of aryl methyl sites for hydroxylation is 1. The molecule has 0 aliphatic carbocycles. The minimum atomic E-state index is 0.498. The minimum Gasteiger partial charge on any atom is -0.179 e. The van der Waals surface area contributed by atoms with Gasteiger partial charge in [0.1, 0.15) is 7.05 Å². The molecular weight excluding hydrogens is 114 g/mol. The molecule has 0 fully saturated rings. The van der Waals surface area contributed by atoms with E-state index in [1.54, 1.807) is 6.33 Å². The normalized spacial score (nSPS) is 10.7. The zero-order valence-electron chi connectivity index (χ0n) is 6.07. The molecular formula is C6H12N3+. The van der Waals surface area contributed by atoms with Crippen molar-refractivity contribution < 1.29 is 4.68 Å². The fourth-order valence-corrected chi connectivity index (χ4v) is 0.833. The summed E-state index contributed by atoms with van der Waals surface area (Å²) in [6, 6.07) is 0.498. The van der Waals surface area contributed by atoms with Crippen molar-refractivity contribution in [1.29, 1.82) is 0 Å². The second kappa shape index (κ2) is 2.17. The zero-order chi connectivity index (χ0) is 6.85. The van der Waals surface area contributed by atoms with Crippen molar-refractivity contribution in [2.75, 3.05) is 0 Å². The lowest BCUT2D eigenvalue weighted by Gasteiger charge is -2.02. The Balaban J connectivity index is 2.94. The summed E-state index contributed by atoms with van der Waals surface area (Å²) in [5.74, 6) is 0. The molecule has 0 unspecified atom stereocenters. The Hall–Kier alpha value is -0.860. The number of nitrogens with zero attached hydrogens (tertiary/aromatic N) is 3. The summed E-state index contributed by atoms with van der Waals surface area (Å²) in [5, 5.41) is 0. The first-order valence-electron chi connectivity index (χ1n) is 3.09. The fourth-order valence-electron chi connectivity index (χ4n) is 0.833. The Morgan fingerprint density at radius 3 is 2.44 bits per heavy atom. The van der Waals surface area contributed by atoms with Crippen LogP contribution in [0.1, 0.15) is 19.9 Å².